The highest BCUT2D eigenvalue weighted by atomic mass is 35.5. The third kappa shape index (κ3) is 4.86. The summed E-state index contributed by atoms with van der Waals surface area (Å²) in [6, 6.07) is 12.8. The van der Waals surface area contributed by atoms with E-state index in [1.807, 2.05) is 20.8 Å². The molecule has 0 saturated carbocycles. The van der Waals surface area contributed by atoms with Crippen molar-refractivity contribution in [1.82, 2.24) is 4.98 Å². The van der Waals surface area contributed by atoms with E-state index in [4.69, 9.17) is 11.6 Å². The molecule has 0 fully saturated rings. The lowest BCUT2D eigenvalue weighted by atomic mass is 9.87. The lowest BCUT2D eigenvalue weighted by Gasteiger charge is -2.19. The average Bonchev–Trinajstić information content (AvgIpc) is 2.67. The average molecular weight is 447 g/mol. The zero-order valence-corrected chi connectivity index (χ0v) is 18.2. The van der Waals surface area contributed by atoms with Crippen LogP contribution in [0.25, 0.3) is 0 Å². The number of carbonyl (C=O) groups is 1. The van der Waals surface area contributed by atoms with Gasteiger partial charge in [0.05, 0.1) is 15.6 Å². The van der Waals surface area contributed by atoms with Crippen LogP contribution >= 0.6 is 11.6 Å². The maximum Gasteiger partial charge on any atom is 0.261 e. The number of halogens is 2. The summed E-state index contributed by atoms with van der Waals surface area (Å²) in [5, 5.41) is 0.145. The molecule has 0 spiro atoms. The Morgan fingerprint density at radius 1 is 1.07 bits per heavy atom. The first kappa shape index (κ1) is 21.9. The van der Waals surface area contributed by atoms with Crippen LogP contribution in [0, 0.1) is 5.82 Å². The van der Waals surface area contributed by atoms with E-state index in [0.717, 1.165) is 11.6 Å². The van der Waals surface area contributed by atoms with Crippen molar-refractivity contribution < 1.29 is 17.6 Å². The maximum absolute atomic E-state index is 13.5. The van der Waals surface area contributed by atoms with Crippen molar-refractivity contribution in [2.24, 2.45) is 0 Å². The monoisotopic (exact) mass is 446 g/mol. The molecule has 3 aromatic rings. The van der Waals surface area contributed by atoms with Crippen LogP contribution in [0.5, 0.6) is 0 Å². The minimum absolute atomic E-state index is 0.0274. The van der Waals surface area contributed by atoms with Gasteiger partial charge in [0, 0.05) is 11.8 Å². The van der Waals surface area contributed by atoms with E-state index >= 15 is 0 Å². The lowest BCUT2D eigenvalue weighted by molar-refractivity contribution is 0.103. The van der Waals surface area contributed by atoms with E-state index in [0.29, 0.717) is 0 Å². The van der Waals surface area contributed by atoms with E-state index < -0.39 is 21.6 Å². The third-order valence-electron chi connectivity index (χ3n) is 4.43. The van der Waals surface area contributed by atoms with Gasteiger partial charge in [0.15, 0.2) is 0 Å². The van der Waals surface area contributed by atoms with Gasteiger partial charge < -0.3 is 0 Å². The molecule has 0 aliphatic rings. The fraction of sp³-hybridized carbons (Fsp3) is 0.182. The molecule has 0 aliphatic heterocycles. The predicted octanol–water partition coefficient (Wildman–Crippen LogP) is 5.20. The molecule has 30 heavy (non-hydrogen) atoms. The van der Waals surface area contributed by atoms with Gasteiger partial charge in [-0.3, -0.25) is 9.52 Å². The molecule has 156 valence electrons. The van der Waals surface area contributed by atoms with Crippen LogP contribution in [0.3, 0.4) is 0 Å². The van der Waals surface area contributed by atoms with Gasteiger partial charge in [0.25, 0.3) is 10.0 Å². The number of pyridine rings is 1. The molecule has 3 rings (SSSR count). The first-order chi connectivity index (χ1) is 14.0. The lowest BCUT2D eigenvalue weighted by Crippen LogP contribution is -2.18. The highest BCUT2D eigenvalue weighted by molar-refractivity contribution is 7.92. The Morgan fingerprint density at radius 2 is 1.73 bits per heavy atom. The van der Waals surface area contributed by atoms with Crippen LogP contribution in [-0.2, 0) is 15.4 Å². The van der Waals surface area contributed by atoms with Gasteiger partial charge in [-0.05, 0) is 41.3 Å². The number of ketones is 1. The van der Waals surface area contributed by atoms with Gasteiger partial charge in [-0.15, -0.1) is 0 Å². The fourth-order valence-corrected chi connectivity index (χ4v) is 4.02. The van der Waals surface area contributed by atoms with Gasteiger partial charge in [-0.25, -0.2) is 17.8 Å². The number of aromatic nitrogens is 1. The minimum Gasteiger partial charge on any atom is -0.287 e. The van der Waals surface area contributed by atoms with Crippen molar-refractivity contribution >= 4 is 33.1 Å². The van der Waals surface area contributed by atoms with E-state index in [2.05, 4.69) is 9.71 Å². The number of benzene rings is 2. The molecule has 5 nitrogen and oxygen atoms in total. The van der Waals surface area contributed by atoms with Gasteiger partial charge >= 0.3 is 0 Å². The summed E-state index contributed by atoms with van der Waals surface area (Å²) >= 11 is 5.97. The number of hydrogen-bond donors (Lipinski definition) is 1. The summed E-state index contributed by atoms with van der Waals surface area (Å²) in [5.41, 5.74) is 0.626. The molecule has 2 aromatic carbocycles. The number of anilines is 1. The number of sulfonamides is 1. The normalized spacial score (nSPS) is 11.9. The van der Waals surface area contributed by atoms with E-state index in [1.54, 1.807) is 12.1 Å². The maximum atomic E-state index is 13.5. The van der Waals surface area contributed by atoms with Crippen LogP contribution in [0.1, 0.15) is 42.4 Å². The first-order valence-corrected chi connectivity index (χ1v) is 10.9. The summed E-state index contributed by atoms with van der Waals surface area (Å²) in [5.74, 6) is -1.22. The number of nitrogens with one attached hydrogen (secondary N) is 1. The highest BCUT2D eigenvalue weighted by Gasteiger charge is 2.22. The highest BCUT2D eigenvalue weighted by Crippen LogP contribution is 2.27. The fourth-order valence-electron chi connectivity index (χ4n) is 2.80. The van der Waals surface area contributed by atoms with Crippen LogP contribution in [-0.4, -0.2) is 19.2 Å². The Labute approximate surface area is 180 Å². The van der Waals surface area contributed by atoms with Crippen molar-refractivity contribution in [3.05, 3.63) is 88.5 Å². The Hall–Kier alpha value is -2.77. The number of rotatable bonds is 5. The second kappa shape index (κ2) is 8.16. The summed E-state index contributed by atoms with van der Waals surface area (Å²) < 4.78 is 41.7. The van der Waals surface area contributed by atoms with Crippen LogP contribution in [0.4, 0.5) is 10.1 Å². The van der Waals surface area contributed by atoms with Gasteiger partial charge in [0.1, 0.15) is 11.5 Å². The predicted molar refractivity (Wildman–Crippen MR) is 115 cm³/mol. The summed E-state index contributed by atoms with van der Waals surface area (Å²) in [7, 11) is -4.01. The Morgan fingerprint density at radius 3 is 2.33 bits per heavy atom. The quantitative estimate of drug-likeness (QED) is 0.546. The summed E-state index contributed by atoms with van der Waals surface area (Å²) in [4.78, 5) is 16.8. The van der Waals surface area contributed by atoms with E-state index in [9.17, 15) is 17.6 Å². The Balaban J connectivity index is 1.98. The SMILES string of the molecule is CC(C)(C)c1ccc(S(=O)(=O)Nc2cc(Cl)cnc2C(=O)c2cccc(F)c2)cc1. The van der Waals surface area contributed by atoms with Crippen molar-refractivity contribution in [3.63, 3.8) is 0 Å². The van der Waals surface area contributed by atoms with E-state index in [-0.39, 0.29) is 32.3 Å². The molecule has 0 bridgehead atoms. The second-order valence-electron chi connectivity index (χ2n) is 7.77. The molecular formula is C22H20ClFN2O3S. The molecule has 1 aromatic heterocycles. The molecule has 1 heterocycles. The van der Waals surface area contributed by atoms with Crippen LogP contribution < -0.4 is 4.72 Å². The largest absolute Gasteiger partial charge is 0.287 e. The smallest absolute Gasteiger partial charge is 0.261 e. The van der Waals surface area contributed by atoms with Crippen molar-refractivity contribution in [1.29, 1.82) is 0 Å². The number of nitrogens with zero attached hydrogens (tertiary/aromatic N) is 1. The molecule has 0 amide bonds. The third-order valence-corrected chi connectivity index (χ3v) is 6.02. The molecule has 1 N–H and O–H groups in total. The molecule has 0 atom stereocenters. The van der Waals surface area contributed by atoms with E-state index in [1.165, 1.54) is 42.6 Å². The summed E-state index contributed by atoms with van der Waals surface area (Å²) in [6.45, 7) is 6.07. The molecular weight excluding hydrogens is 427 g/mol. The number of hydrogen-bond acceptors (Lipinski definition) is 4. The van der Waals surface area contributed by atoms with Crippen LogP contribution in [0.15, 0.2) is 65.7 Å². The zero-order valence-electron chi connectivity index (χ0n) is 16.6. The molecule has 8 heteroatoms. The summed E-state index contributed by atoms with van der Waals surface area (Å²) in [6.07, 6.45) is 1.23. The zero-order chi connectivity index (χ0) is 22.1. The van der Waals surface area contributed by atoms with Gasteiger partial charge in [0.2, 0.25) is 5.78 Å². The molecule has 0 radical (unpaired) electrons. The minimum atomic E-state index is -4.01. The van der Waals surface area contributed by atoms with Crippen molar-refractivity contribution in [2.45, 2.75) is 31.1 Å². The number of carbonyl (C=O) groups excluding carboxylic acids is 1. The van der Waals surface area contributed by atoms with Crippen LogP contribution in [0.2, 0.25) is 5.02 Å². The molecule has 0 unspecified atom stereocenters. The molecule has 0 aliphatic carbocycles. The van der Waals surface area contributed by atoms with Gasteiger partial charge in [-0.2, -0.15) is 0 Å². The topological polar surface area (TPSA) is 76.1 Å². The van der Waals surface area contributed by atoms with Crippen molar-refractivity contribution in [2.75, 3.05) is 4.72 Å². The second-order valence-corrected chi connectivity index (χ2v) is 9.89. The molecule has 0 saturated heterocycles. The Kier molecular flexibility index (Phi) is 5.97. The first-order valence-electron chi connectivity index (χ1n) is 9.06. The van der Waals surface area contributed by atoms with Crippen molar-refractivity contribution in [3.8, 4) is 0 Å². The standard InChI is InChI=1S/C22H20ClFN2O3S/c1-22(2,3)15-7-9-18(10-8-15)30(28,29)26-19-12-16(23)13-25-20(19)21(27)14-5-4-6-17(24)11-14/h4-13,26H,1-3H3. The Bertz CT molecular complexity index is 1200. The van der Waals surface area contributed by atoms with Gasteiger partial charge in [-0.1, -0.05) is 56.6 Å².